The maximum absolute atomic E-state index is 12.2. The van der Waals surface area contributed by atoms with Crippen LogP contribution in [0.15, 0.2) is 81.9 Å². The summed E-state index contributed by atoms with van der Waals surface area (Å²) in [6.45, 7) is 0.505. The predicted octanol–water partition coefficient (Wildman–Crippen LogP) is 4.60. The smallest absolute Gasteiger partial charge is 0.287 e. The first-order valence-corrected chi connectivity index (χ1v) is 8.17. The molecule has 0 unspecified atom stereocenters. The molecule has 3 aromatic rings. The maximum atomic E-state index is 12.2. The van der Waals surface area contributed by atoms with E-state index in [1.54, 1.807) is 12.1 Å². The van der Waals surface area contributed by atoms with Gasteiger partial charge in [0, 0.05) is 12.5 Å². The first-order valence-electron chi connectivity index (χ1n) is 7.37. The zero-order chi connectivity index (χ0) is 16.1. The fraction of sp³-hybridized carbons (Fsp3) is 0.105. The number of hydrogen-bond donors (Lipinski definition) is 1. The van der Waals surface area contributed by atoms with E-state index < -0.39 is 0 Å². The van der Waals surface area contributed by atoms with E-state index in [0.717, 1.165) is 0 Å². The van der Waals surface area contributed by atoms with Crippen molar-refractivity contribution in [1.29, 1.82) is 0 Å². The highest BCUT2D eigenvalue weighted by Crippen LogP contribution is 2.24. The average molecular weight is 370 g/mol. The lowest BCUT2D eigenvalue weighted by Crippen LogP contribution is -2.28. The molecule has 23 heavy (non-hydrogen) atoms. The van der Waals surface area contributed by atoms with Gasteiger partial charge < -0.3 is 9.73 Å². The van der Waals surface area contributed by atoms with E-state index in [9.17, 15) is 4.79 Å². The summed E-state index contributed by atoms with van der Waals surface area (Å²) in [6.07, 6.45) is 0. The highest BCUT2D eigenvalue weighted by atomic mass is 79.9. The number of amides is 1. The van der Waals surface area contributed by atoms with Crippen molar-refractivity contribution in [3.8, 4) is 0 Å². The third-order valence-corrected chi connectivity index (χ3v) is 4.09. The van der Waals surface area contributed by atoms with Crippen molar-refractivity contribution in [3.63, 3.8) is 0 Å². The fourth-order valence-electron chi connectivity index (χ4n) is 2.52. The third kappa shape index (κ3) is 3.90. The molecule has 0 saturated carbocycles. The molecular formula is C19H16BrNO2. The van der Waals surface area contributed by atoms with Crippen molar-refractivity contribution in [1.82, 2.24) is 5.32 Å². The van der Waals surface area contributed by atoms with Gasteiger partial charge in [0.25, 0.3) is 5.91 Å². The van der Waals surface area contributed by atoms with Crippen LogP contribution in [0.1, 0.15) is 27.6 Å². The monoisotopic (exact) mass is 369 g/mol. The van der Waals surface area contributed by atoms with E-state index in [1.165, 1.54) is 11.1 Å². The van der Waals surface area contributed by atoms with Gasteiger partial charge in [0.1, 0.15) is 0 Å². The molecule has 4 heteroatoms. The predicted molar refractivity (Wildman–Crippen MR) is 93.5 cm³/mol. The topological polar surface area (TPSA) is 42.2 Å². The zero-order valence-corrected chi connectivity index (χ0v) is 14.0. The molecule has 0 bridgehead atoms. The second-order valence-corrected chi connectivity index (χ2v) is 5.97. The van der Waals surface area contributed by atoms with Crippen molar-refractivity contribution < 1.29 is 9.21 Å². The summed E-state index contributed by atoms with van der Waals surface area (Å²) >= 11 is 3.21. The van der Waals surface area contributed by atoms with Gasteiger partial charge >= 0.3 is 0 Å². The van der Waals surface area contributed by atoms with Crippen LogP contribution in [0.25, 0.3) is 0 Å². The van der Waals surface area contributed by atoms with Gasteiger partial charge in [-0.1, -0.05) is 60.7 Å². The lowest BCUT2D eigenvalue weighted by atomic mass is 9.91. The van der Waals surface area contributed by atoms with Crippen molar-refractivity contribution in [2.24, 2.45) is 0 Å². The van der Waals surface area contributed by atoms with E-state index in [-0.39, 0.29) is 11.8 Å². The normalized spacial score (nSPS) is 10.7. The van der Waals surface area contributed by atoms with Gasteiger partial charge in [-0.05, 0) is 39.2 Å². The first-order chi connectivity index (χ1) is 11.2. The molecule has 0 radical (unpaired) electrons. The van der Waals surface area contributed by atoms with Crippen molar-refractivity contribution >= 4 is 21.8 Å². The van der Waals surface area contributed by atoms with Crippen LogP contribution >= 0.6 is 15.9 Å². The maximum Gasteiger partial charge on any atom is 0.287 e. The van der Waals surface area contributed by atoms with Crippen LogP contribution in [0.5, 0.6) is 0 Å². The molecule has 0 aliphatic rings. The van der Waals surface area contributed by atoms with Crippen LogP contribution in [-0.4, -0.2) is 12.5 Å². The van der Waals surface area contributed by atoms with Crippen LogP contribution in [0, 0.1) is 0 Å². The Morgan fingerprint density at radius 1 is 0.913 bits per heavy atom. The lowest BCUT2D eigenvalue weighted by molar-refractivity contribution is 0.0923. The van der Waals surface area contributed by atoms with E-state index in [2.05, 4.69) is 45.5 Å². The number of carbonyl (C=O) groups excluding carboxylic acids is 1. The number of benzene rings is 2. The Morgan fingerprint density at radius 2 is 1.48 bits per heavy atom. The molecule has 0 aliphatic heterocycles. The Balaban J connectivity index is 1.78. The molecule has 1 aromatic heterocycles. The Labute approximate surface area is 143 Å². The number of carbonyl (C=O) groups is 1. The van der Waals surface area contributed by atoms with Crippen LogP contribution in [0.3, 0.4) is 0 Å². The summed E-state index contributed by atoms with van der Waals surface area (Å²) in [5.74, 6) is 0.184. The molecule has 1 heterocycles. The highest BCUT2D eigenvalue weighted by molar-refractivity contribution is 9.10. The molecule has 0 saturated heterocycles. The van der Waals surface area contributed by atoms with Gasteiger partial charge in [0.15, 0.2) is 10.4 Å². The SMILES string of the molecule is O=C(NCC(c1ccccc1)c1ccccc1)c1ccc(Br)o1. The van der Waals surface area contributed by atoms with Crippen LogP contribution in [-0.2, 0) is 0 Å². The Bertz CT molecular complexity index is 729. The molecule has 1 N–H and O–H groups in total. The van der Waals surface area contributed by atoms with Gasteiger partial charge in [0.2, 0.25) is 0 Å². The minimum Gasteiger partial charge on any atom is -0.444 e. The Kier molecular flexibility index (Phi) is 4.93. The fourth-order valence-corrected chi connectivity index (χ4v) is 2.82. The third-order valence-electron chi connectivity index (χ3n) is 3.67. The van der Waals surface area contributed by atoms with Crippen LogP contribution in [0.2, 0.25) is 0 Å². The summed E-state index contributed by atoms with van der Waals surface area (Å²) in [6, 6.07) is 23.7. The summed E-state index contributed by atoms with van der Waals surface area (Å²) < 4.78 is 5.84. The summed E-state index contributed by atoms with van der Waals surface area (Å²) in [5, 5.41) is 2.96. The summed E-state index contributed by atoms with van der Waals surface area (Å²) in [7, 11) is 0. The standard InChI is InChI=1S/C19H16BrNO2/c20-18-12-11-17(23-18)19(22)21-13-16(14-7-3-1-4-8-14)15-9-5-2-6-10-15/h1-12,16H,13H2,(H,21,22). The molecule has 2 aromatic carbocycles. The number of nitrogens with one attached hydrogen (secondary N) is 1. The van der Waals surface area contributed by atoms with Crippen molar-refractivity contribution in [2.75, 3.05) is 6.54 Å². The summed E-state index contributed by atoms with van der Waals surface area (Å²) in [5.41, 5.74) is 2.33. The van der Waals surface area contributed by atoms with E-state index in [0.29, 0.717) is 17.0 Å². The molecule has 0 aliphatic carbocycles. The Morgan fingerprint density at radius 3 is 1.96 bits per heavy atom. The molecule has 116 valence electrons. The number of hydrogen-bond acceptors (Lipinski definition) is 2. The van der Waals surface area contributed by atoms with Crippen LogP contribution < -0.4 is 5.32 Å². The van der Waals surface area contributed by atoms with E-state index >= 15 is 0 Å². The molecule has 3 nitrogen and oxygen atoms in total. The van der Waals surface area contributed by atoms with Gasteiger partial charge in [-0.15, -0.1) is 0 Å². The van der Waals surface area contributed by atoms with Gasteiger partial charge in [-0.2, -0.15) is 0 Å². The molecule has 3 rings (SSSR count). The highest BCUT2D eigenvalue weighted by Gasteiger charge is 2.17. The lowest BCUT2D eigenvalue weighted by Gasteiger charge is -2.18. The van der Waals surface area contributed by atoms with Crippen molar-refractivity contribution in [3.05, 3.63) is 94.4 Å². The average Bonchev–Trinajstić information content (AvgIpc) is 3.03. The second kappa shape index (κ2) is 7.29. The van der Waals surface area contributed by atoms with Gasteiger partial charge in [-0.3, -0.25) is 4.79 Å². The number of furan rings is 1. The minimum atomic E-state index is -0.215. The summed E-state index contributed by atoms with van der Waals surface area (Å²) in [4.78, 5) is 12.2. The molecule has 0 atom stereocenters. The van der Waals surface area contributed by atoms with Gasteiger partial charge in [0.05, 0.1) is 0 Å². The quantitative estimate of drug-likeness (QED) is 0.713. The zero-order valence-electron chi connectivity index (χ0n) is 12.4. The molecule has 0 fully saturated rings. The van der Waals surface area contributed by atoms with Gasteiger partial charge in [-0.25, -0.2) is 0 Å². The number of rotatable bonds is 5. The van der Waals surface area contributed by atoms with E-state index in [4.69, 9.17) is 4.42 Å². The minimum absolute atomic E-state index is 0.0970. The first kappa shape index (κ1) is 15.6. The molecular weight excluding hydrogens is 354 g/mol. The molecule has 1 amide bonds. The van der Waals surface area contributed by atoms with Crippen molar-refractivity contribution in [2.45, 2.75) is 5.92 Å². The Hall–Kier alpha value is -2.33. The number of halogens is 1. The second-order valence-electron chi connectivity index (χ2n) is 5.19. The molecule has 0 spiro atoms. The van der Waals surface area contributed by atoms with E-state index in [1.807, 2.05) is 36.4 Å². The largest absolute Gasteiger partial charge is 0.444 e. The van der Waals surface area contributed by atoms with Crippen LogP contribution in [0.4, 0.5) is 0 Å².